The van der Waals surface area contributed by atoms with Gasteiger partial charge < -0.3 is 21.1 Å². The number of urea groups is 1. The second kappa shape index (κ2) is 6.08. The van der Waals surface area contributed by atoms with Gasteiger partial charge in [-0.1, -0.05) is 0 Å². The van der Waals surface area contributed by atoms with Crippen molar-refractivity contribution in [3.05, 3.63) is 0 Å². The molecule has 112 valence electrons. The number of nitrogens with zero attached hydrogens (tertiary/aromatic N) is 2. The van der Waals surface area contributed by atoms with Gasteiger partial charge in [-0.25, -0.2) is 9.59 Å². The van der Waals surface area contributed by atoms with E-state index in [1.54, 1.807) is 4.90 Å². The summed E-state index contributed by atoms with van der Waals surface area (Å²) in [7, 11) is 0. The van der Waals surface area contributed by atoms with E-state index in [2.05, 4.69) is 10.2 Å². The number of carboxylic acid groups (broad SMARTS) is 1. The quantitative estimate of drug-likeness (QED) is 0.586. The Morgan fingerprint density at radius 2 is 1.80 bits per heavy atom. The second-order valence-corrected chi connectivity index (χ2v) is 5.26. The van der Waals surface area contributed by atoms with Crippen LogP contribution in [-0.2, 0) is 9.59 Å². The predicted octanol–water partition coefficient (Wildman–Crippen LogP) is -1.20. The van der Waals surface area contributed by atoms with Crippen molar-refractivity contribution >= 4 is 17.9 Å². The van der Waals surface area contributed by atoms with Crippen molar-refractivity contribution in [1.29, 1.82) is 0 Å². The van der Waals surface area contributed by atoms with Gasteiger partial charge in [0.2, 0.25) is 5.91 Å². The van der Waals surface area contributed by atoms with E-state index in [0.29, 0.717) is 19.1 Å². The molecule has 1 saturated carbocycles. The normalized spacial score (nSPS) is 21.3. The standard InChI is InChI=1S/C12H20N4O4/c13-10(17)7-9(11(18)19)14-12(20)16-5-3-15(4-6-16)8-1-2-8/h8-9H,1-7H2,(H2,13,17)(H,14,20)(H,18,19). The maximum atomic E-state index is 12.0. The van der Waals surface area contributed by atoms with E-state index in [1.807, 2.05) is 0 Å². The van der Waals surface area contributed by atoms with E-state index in [4.69, 9.17) is 10.8 Å². The highest BCUT2D eigenvalue weighted by Gasteiger charge is 2.33. The van der Waals surface area contributed by atoms with Crippen LogP contribution in [0.2, 0.25) is 0 Å². The van der Waals surface area contributed by atoms with Gasteiger partial charge in [0.25, 0.3) is 0 Å². The average Bonchev–Trinajstić information content (AvgIpc) is 3.21. The molecule has 2 fully saturated rings. The zero-order valence-electron chi connectivity index (χ0n) is 11.2. The summed E-state index contributed by atoms with van der Waals surface area (Å²) >= 11 is 0. The molecule has 0 bridgehead atoms. The lowest BCUT2D eigenvalue weighted by atomic mass is 10.2. The van der Waals surface area contributed by atoms with E-state index >= 15 is 0 Å². The molecule has 2 aliphatic rings. The summed E-state index contributed by atoms with van der Waals surface area (Å²) in [6, 6.07) is -1.04. The Morgan fingerprint density at radius 3 is 2.25 bits per heavy atom. The highest BCUT2D eigenvalue weighted by Crippen LogP contribution is 2.27. The minimum atomic E-state index is -1.26. The van der Waals surface area contributed by atoms with Crippen molar-refractivity contribution in [2.45, 2.75) is 31.3 Å². The van der Waals surface area contributed by atoms with E-state index < -0.39 is 30.4 Å². The molecule has 2 rings (SSSR count). The number of nitrogens with two attached hydrogens (primary N) is 1. The Morgan fingerprint density at radius 1 is 1.20 bits per heavy atom. The van der Waals surface area contributed by atoms with Crippen LogP contribution in [-0.4, -0.2) is 71.1 Å². The zero-order chi connectivity index (χ0) is 14.7. The molecule has 0 aromatic heterocycles. The van der Waals surface area contributed by atoms with Gasteiger partial charge >= 0.3 is 12.0 Å². The molecule has 1 aliphatic carbocycles. The molecule has 0 radical (unpaired) electrons. The maximum absolute atomic E-state index is 12.0. The lowest BCUT2D eigenvalue weighted by Gasteiger charge is -2.35. The van der Waals surface area contributed by atoms with Crippen molar-refractivity contribution in [2.24, 2.45) is 5.73 Å². The monoisotopic (exact) mass is 284 g/mol. The van der Waals surface area contributed by atoms with Gasteiger partial charge in [0.1, 0.15) is 6.04 Å². The van der Waals surface area contributed by atoms with Crippen molar-refractivity contribution in [3.8, 4) is 0 Å². The minimum Gasteiger partial charge on any atom is -0.480 e. The Bertz CT molecular complexity index is 402. The number of carbonyl (C=O) groups is 3. The van der Waals surface area contributed by atoms with Crippen LogP contribution >= 0.6 is 0 Å². The summed E-state index contributed by atoms with van der Waals surface area (Å²) in [4.78, 5) is 37.6. The molecule has 0 spiro atoms. The van der Waals surface area contributed by atoms with Gasteiger partial charge in [0.05, 0.1) is 6.42 Å². The Labute approximate surface area is 116 Å². The maximum Gasteiger partial charge on any atom is 0.326 e. The van der Waals surface area contributed by atoms with Crippen LogP contribution in [0.3, 0.4) is 0 Å². The molecule has 8 heteroatoms. The summed E-state index contributed by atoms with van der Waals surface area (Å²) in [5.41, 5.74) is 4.97. The van der Waals surface area contributed by atoms with Crippen LogP contribution in [0.1, 0.15) is 19.3 Å². The molecule has 1 aliphatic heterocycles. The second-order valence-electron chi connectivity index (χ2n) is 5.26. The molecule has 0 aromatic carbocycles. The number of amides is 3. The van der Waals surface area contributed by atoms with Crippen LogP contribution in [0.25, 0.3) is 0 Å². The summed E-state index contributed by atoms with van der Waals surface area (Å²) in [5.74, 6) is -2.01. The first kappa shape index (κ1) is 14.6. The number of carbonyl (C=O) groups excluding carboxylic acids is 2. The van der Waals surface area contributed by atoms with E-state index in [1.165, 1.54) is 12.8 Å². The molecule has 1 atom stereocenters. The number of carboxylic acids is 1. The molecule has 4 N–H and O–H groups in total. The first-order valence-electron chi connectivity index (χ1n) is 6.78. The van der Waals surface area contributed by atoms with Crippen LogP contribution in [0.4, 0.5) is 4.79 Å². The van der Waals surface area contributed by atoms with Crippen LogP contribution in [0.5, 0.6) is 0 Å². The van der Waals surface area contributed by atoms with Crippen molar-refractivity contribution in [2.75, 3.05) is 26.2 Å². The predicted molar refractivity (Wildman–Crippen MR) is 69.9 cm³/mol. The minimum absolute atomic E-state index is 0.400. The largest absolute Gasteiger partial charge is 0.480 e. The van der Waals surface area contributed by atoms with Gasteiger partial charge in [-0.05, 0) is 12.8 Å². The first-order valence-corrected chi connectivity index (χ1v) is 6.78. The zero-order valence-corrected chi connectivity index (χ0v) is 11.2. The summed E-state index contributed by atoms with van der Waals surface area (Å²) in [6.45, 7) is 2.77. The third-order valence-corrected chi connectivity index (χ3v) is 3.67. The number of hydrogen-bond donors (Lipinski definition) is 3. The fourth-order valence-corrected chi connectivity index (χ4v) is 2.37. The number of piperazine rings is 1. The van der Waals surface area contributed by atoms with Gasteiger partial charge in [-0.15, -0.1) is 0 Å². The number of rotatable bonds is 5. The number of primary amides is 1. The molecule has 1 heterocycles. The molecule has 0 aromatic rings. The van der Waals surface area contributed by atoms with E-state index in [-0.39, 0.29) is 0 Å². The third-order valence-electron chi connectivity index (χ3n) is 3.67. The van der Waals surface area contributed by atoms with Crippen molar-refractivity contribution in [1.82, 2.24) is 15.1 Å². The van der Waals surface area contributed by atoms with Crippen LogP contribution < -0.4 is 11.1 Å². The third kappa shape index (κ3) is 3.83. The van der Waals surface area contributed by atoms with E-state index in [0.717, 1.165) is 13.1 Å². The molecular formula is C12H20N4O4. The number of hydrogen-bond acceptors (Lipinski definition) is 4. The number of nitrogens with one attached hydrogen (secondary N) is 1. The average molecular weight is 284 g/mol. The summed E-state index contributed by atoms with van der Waals surface area (Å²) in [5, 5.41) is 11.3. The van der Waals surface area contributed by atoms with E-state index in [9.17, 15) is 14.4 Å². The van der Waals surface area contributed by atoms with Gasteiger partial charge in [-0.3, -0.25) is 9.69 Å². The van der Waals surface area contributed by atoms with Crippen molar-refractivity contribution < 1.29 is 19.5 Å². The van der Waals surface area contributed by atoms with Gasteiger partial charge in [0, 0.05) is 32.2 Å². The van der Waals surface area contributed by atoms with Crippen LogP contribution in [0.15, 0.2) is 0 Å². The van der Waals surface area contributed by atoms with Gasteiger partial charge in [-0.2, -0.15) is 0 Å². The topological polar surface area (TPSA) is 116 Å². The van der Waals surface area contributed by atoms with Crippen LogP contribution in [0, 0.1) is 0 Å². The highest BCUT2D eigenvalue weighted by atomic mass is 16.4. The van der Waals surface area contributed by atoms with Crippen molar-refractivity contribution in [3.63, 3.8) is 0 Å². The molecule has 8 nitrogen and oxygen atoms in total. The van der Waals surface area contributed by atoms with Gasteiger partial charge in [0.15, 0.2) is 0 Å². The smallest absolute Gasteiger partial charge is 0.326 e. The Kier molecular flexibility index (Phi) is 4.43. The Hall–Kier alpha value is -1.83. The summed E-state index contributed by atoms with van der Waals surface area (Å²) < 4.78 is 0. The fourth-order valence-electron chi connectivity index (χ4n) is 2.37. The molecule has 1 saturated heterocycles. The molecule has 1 unspecified atom stereocenters. The molecule has 3 amide bonds. The fraction of sp³-hybridized carbons (Fsp3) is 0.750. The SMILES string of the molecule is NC(=O)CC(NC(=O)N1CCN(C2CC2)CC1)C(=O)O. The lowest BCUT2D eigenvalue weighted by Crippen LogP contribution is -2.55. The first-order chi connectivity index (χ1) is 9.47. The molecule has 20 heavy (non-hydrogen) atoms. The number of aliphatic carboxylic acids is 1. The Balaban J connectivity index is 1.81. The molecular weight excluding hydrogens is 264 g/mol. The lowest BCUT2D eigenvalue weighted by molar-refractivity contribution is -0.141. The summed E-state index contributed by atoms with van der Waals surface area (Å²) in [6.07, 6.45) is 2.06. The highest BCUT2D eigenvalue weighted by molar-refractivity contribution is 5.87.